The number of sulfonamides is 2. The lowest BCUT2D eigenvalue weighted by Crippen LogP contribution is -2.35. The molecule has 0 bridgehead atoms. The van der Waals surface area contributed by atoms with Crippen LogP contribution in [0.4, 0.5) is 11.5 Å². The number of aromatic nitrogens is 1. The summed E-state index contributed by atoms with van der Waals surface area (Å²) < 4.78 is 61.1. The molecule has 0 N–H and O–H groups in total. The van der Waals surface area contributed by atoms with E-state index >= 15 is 0 Å². The van der Waals surface area contributed by atoms with Crippen molar-refractivity contribution in [2.45, 2.75) is 16.7 Å². The van der Waals surface area contributed by atoms with Crippen LogP contribution in [0.15, 0.2) is 88.8 Å². The normalized spacial score (nSPS) is 11.5. The lowest BCUT2D eigenvalue weighted by Gasteiger charge is -2.27. The fourth-order valence-electron chi connectivity index (χ4n) is 3.94. The molecule has 0 saturated carbocycles. The van der Waals surface area contributed by atoms with Gasteiger partial charge in [-0.25, -0.2) is 26.1 Å². The third-order valence-corrected chi connectivity index (χ3v) is 9.66. The van der Waals surface area contributed by atoms with Gasteiger partial charge in [-0.05, 0) is 55.5 Å². The van der Waals surface area contributed by atoms with Crippen LogP contribution in [0, 0.1) is 11.3 Å². The Kier molecular flexibility index (Phi) is 8.06. The highest BCUT2D eigenvalue weighted by Gasteiger charge is 2.31. The summed E-state index contributed by atoms with van der Waals surface area (Å²) in [5.41, 5.74) is 0.484. The molecule has 4 rings (SSSR count). The van der Waals surface area contributed by atoms with Gasteiger partial charge in [0.2, 0.25) is 0 Å². The molecule has 0 fully saturated rings. The van der Waals surface area contributed by atoms with E-state index < -0.39 is 26.8 Å². The lowest BCUT2D eigenvalue weighted by molar-refractivity contribution is -0.128. The van der Waals surface area contributed by atoms with Crippen molar-refractivity contribution in [3.63, 3.8) is 0 Å². The molecule has 0 amide bonds. The highest BCUT2D eigenvalue weighted by molar-refractivity contribution is 7.93. The van der Waals surface area contributed by atoms with Crippen LogP contribution in [-0.2, 0) is 29.6 Å². The minimum absolute atomic E-state index is 0.0197. The first kappa shape index (κ1) is 27.8. The van der Waals surface area contributed by atoms with Gasteiger partial charge in [0.25, 0.3) is 26.5 Å². The number of hydrogen-bond donors (Lipinski definition) is 0. The summed E-state index contributed by atoms with van der Waals surface area (Å²) in [5, 5.41) is 10.1. The highest BCUT2D eigenvalue weighted by atomic mass is 35.5. The molecule has 200 valence electrons. The zero-order valence-electron chi connectivity index (χ0n) is 20.4. The number of nitriles is 1. The number of carbonyl (C=O) groups is 1. The van der Waals surface area contributed by atoms with Gasteiger partial charge in [-0.1, -0.05) is 35.9 Å². The quantitative estimate of drug-likeness (QED) is 0.199. The zero-order chi connectivity index (χ0) is 28.2. The van der Waals surface area contributed by atoms with E-state index in [2.05, 4.69) is 4.98 Å². The second-order valence-electron chi connectivity index (χ2n) is 8.02. The molecule has 13 heteroatoms. The number of carbonyl (C=O) groups excluding carboxylic acids is 1. The number of ether oxygens (including phenoxy) is 1. The fourth-order valence-corrected chi connectivity index (χ4v) is 6.85. The van der Waals surface area contributed by atoms with Crippen molar-refractivity contribution in [2.24, 2.45) is 0 Å². The maximum atomic E-state index is 13.6. The van der Waals surface area contributed by atoms with Crippen LogP contribution in [0.5, 0.6) is 0 Å². The summed E-state index contributed by atoms with van der Waals surface area (Å²) >= 11 is 5.93. The Balaban J connectivity index is 1.89. The molecule has 0 aliphatic carbocycles. The first-order chi connectivity index (χ1) is 18.6. The number of benzene rings is 3. The Morgan fingerprint density at radius 3 is 2.03 bits per heavy atom. The Bertz CT molecular complexity index is 1770. The van der Waals surface area contributed by atoms with Gasteiger partial charge < -0.3 is 4.74 Å². The number of rotatable bonds is 10. The first-order valence-electron chi connectivity index (χ1n) is 11.4. The summed E-state index contributed by atoms with van der Waals surface area (Å²) in [6, 6.07) is 19.4. The number of hydrogen-bond acceptors (Lipinski definition) is 8. The standard InChI is InChI=1S/C26H21ClN4O6S2/c1-2-30(38(33,34)22-13-9-20(27)10-14-22)25-16-29-26(24-6-4-3-5-23(24)25)31(17-37-18-32)39(35,36)21-11-7-19(15-28)8-12-21/h3-14,16,18H,2,17H2,1H3. The summed E-state index contributed by atoms with van der Waals surface area (Å²) in [5.74, 6) is -0.0829. The Hall–Kier alpha value is -4.18. The van der Waals surface area contributed by atoms with Crippen molar-refractivity contribution in [2.75, 3.05) is 21.9 Å². The summed E-state index contributed by atoms with van der Waals surface area (Å²) in [6.07, 6.45) is 1.26. The molecule has 3 aromatic carbocycles. The molecule has 0 atom stereocenters. The van der Waals surface area contributed by atoms with Gasteiger partial charge in [-0.3, -0.25) is 9.10 Å². The number of pyridine rings is 1. The van der Waals surface area contributed by atoms with Crippen molar-refractivity contribution in [3.8, 4) is 6.07 Å². The van der Waals surface area contributed by atoms with Gasteiger partial charge >= 0.3 is 0 Å². The molecule has 4 aromatic rings. The Morgan fingerprint density at radius 2 is 1.46 bits per heavy atom. The largest absolute Gasteiger partial charge is 0.445 e. The van der Waals surface area contributed by atoms with Gasteiger partial charge in [-0.2, -0.15) is 5.26 Å². The Labute approximate surface area is 230 Å². The van der Waals surface area contributed by atoms with Crippen LogP contribution in [0.1, 0.15) is 12.5 Å². The van der Waals surface area contributed by atoms with E-state index in [1.165, 1.54) is 54.7 Å². The van der Waals surface area contributed by atoms with Gasteiger partial charge in [0.1, 0.15) is 0 Å². The van der Waals surface area contributed by atoms with Crippen LogP contribution < -0.4 is 8.61 Å². The average molecular weight is 585 g/mol. The molecule has 0 saturated heterocycles. The van der Waals surface area contributed by atoms with Gasteiger partial charge in [0.05, 0.1) is 33.3 Å². The van der Waals surface area contributed by atoms with E-state index in [9.17, 15) is 21.6 Å². The second kappa shape index (κ2) is 11.3. The van der Waals surface area contributed by atoms with E-state index in [-0.39, 0.29) is 39.9 Å². The van der Waals surface area contributed by atoms with Crippen molar-refractivity contribution in [1.82, 2.24) is 4.98 Å². The number of nitrogens with zero attached hydrogens (tertiary/aromatic N) is 4. The summed E-state index contributed by atoms with van der Waals surface area (Å²) in [7, 11) is -8.36. The van der Waals surface area contributed by atoms with Crippen molar-refractivity contribution in [1.29, 1.82) is 5.26 Å². The van der Waals surface area contributed by atoms with E-state index in [0.29, 0.717) is 15.8 Å². The van der Waals surface area contributed by atoms with Gasteiger partial charge in [0, 0.05) is 22.3 Å². The number of anilines is 2. The molecule has 0 unspecified atom stereocenters. The molecule has 10 nitrogen and oxygen atoms in total. The molecular formula is C26H21ClN4O6S2. The molecule has 0 radical (unpaired) electrons. The number of halogens is 1. The van der Waals surface area contributed by atoms with Crippen molar-refractivity contribution < 1.29 is 26.4 Å². The predicted molar refractivity (Wildman–Crippen MR) is 146 cm³/mol. The smallest absolute Gasteiger partial charge is 0.294 e. The van der Waals surface area contributed by atoms with Crippen molar-refractivity contribution >= 4 is 60.4 Å². The monoisotopic (exact) mass is 584 g/mol. The van der Waals surface area contributed by atoms with E-state index in [0.717, 1.165) is 8.61 Å². The Morgan fingerprint density at radius 1 is 0.897 bits per heavy atom. The van der Waals surface area contributed by atoms with Gasteiger partial charge in [-0.15, -0.1) is 0 Å². The minimum Gasteiger partial charge on any atom is -0.445 e. The third-order valence-electron chi connectivity index (χ3n) is 5.78. The van der Waals surface area contributed by atoms with E-state index in [1.807, 2.05) is 6.07 Å². The molecule has 1 heterocycles. The second-order valence-corrected chi connectivity index (χ2v) is 12.2. The van der Waals surface area contributed by atoms with Gasteiger partial charge in [0.15, 0.2) is 12.5 Å². The minimum atomic E-state index is -4.32. The topological polar surface area (TPSA) is 138 Å². The molecular weight excluding hydrogens is 564 g/mol. The first-order valence-corrected chi connectivity index (χ1v) is 14.6. The molecule has 0 aliphatic heterocycles. The highest BCUT2D eigenvalue weighted by Crippen LogP contribution is 2.36. The zero-order valence-corrected chi connectivity index (χ0v) is 22.8. The SMILES string of the molecule is CCN(c1cnc(N(COC=O)S(=O)(=O)c2ccc(C#N)cc2)c2ccccc12)S(=O)(=O)c1ccc(Cl)cc1. The maximum absolute atomic E-state index is 13.6. The predicted octanol–water partition coefficient (Wildman–Crippen LogP) is 4.30. The van der Waals surface area contributed by atoms with Crippen LogP contribution in [-0.4, -0.2) is 41.6 Å². The average Bonchev–Trinajstić information content (AvgIpc) is 2.94. The van der Waals surface area contributed by atoms with Crippen LogP contribution >= 0.6 is 11.6 Å². The molecule has 0 spiro atoms. The van der Waals surface area contributed by atoms with Crippen LogP contribution in [0.3, 0.4) is 0 Å². The van der Waals surface area contributed by atoms with Crippen LogP contribution in [0.25, 0.3) is 10.8 Å². The lowest BCUT2D eigenvalue weighted by atomic mass is 10.1. The number of fused-ring (bicyclic) bond motifs is 1. The molecule has 39 heavy (non-hydrogen) atoms. The molecule has 0 aliphatic rings. The maximum Gasteiger partial charge on any atom is 0.294 e. The molecule has 1 aromatic heterocycles. The van der Waals surface area contributed by atoms with Crippen molar-refractivity contribution in [3.05, 3.63) is 89.6 Å². The van der Waals surface area contributed by atoms with E-state index in [1.54, 1.807) is 31.2 Å². The summed E-state index contributed by atoms with van der Waals surface area (Å²) in [6.45, 7) is 1.13. The summed E-state index contributed by atoms with van der Waals surface area (Å²) in [4.78, 5) is 15.2. The van der Waals surface area contributed by atoms with Crippen LogP contribution in [0.2, 0.25) is 5.02 Å². The fraction of sp³-hybridized carbons (Fsp3) is 0.115. The third kappa shape index (κ3) is 5.37. The van der Waals surface area contributed by atoms with E-state index in [4.69, 9.17) is 21.6 Å².